The second kappa shape index (κ2) is 7.83. The average Bonchev–Trinajstić information content (AvgIpc) is 3.04. The fourth-order valence-electron chi connectivity index (χ4n) is 3.94. The lowest BCUT2D eigenvalue weighted by molar-refractivity contribution is -0.129. The van der Waals surface area contributed by atoms with E-state index in [1.54, 1.807) is 6.92 Å². The van der Waals surface area contributed by atoms with E-state index >= 15 is 0 Å². The van der Waals surface area contributed by atoms with E-state index in [4.69, 9.17) is 10.4 Å². The van der Waals surface area contributed by atoms with Gasteiger partial charge in [0.25, 0.3) is 0 Å². The molecule has 27 heavy (non-hydrogen) atoms. The second-order valence-corrected chi connectivity index (χ2v) is 6.77. The van der Waals surface area contributed by atoms with Gasteiger partial charge in [0, 0.05) is 50.4 Å². The Morgan fingerprint density at radius 3 is 2.70 bits per heavy atom. The summed E-state index contributed by atoms with van der Waals surface area (Å²) >= 11 is 0. The van der Waals surface area contributed by atoms with E-state index in [1.807, 2.05) is 48.7 Å². The topological polar surface area (TPSA) is 65.2 Å². The zero-order valence-corrected chi connectivity index (χ0v) is 16.6. The molecule has 3 heterocycles. The highest BCUT2D eigenvalue weighted by molar-refractivity contribution is 5.75. The Hall–Kier alpha value is -2.81. The van der Waals surface area contributed by atoms with Crippen LogP contribution in [0.4, 0.5) is 11.5 Å². The third-order valence-corrected chi connectivity index (χ3v) is 5.25. The maximum Gasteiger partial charge on any atom is 0.219 e. The summed E-state index contributed by atoms with van der Waals surface area (Å²) in [6.45, 7) is 7.91. The van der Waals surface area contributed by atoms with Gasteiger partial charge in [-0.2, -0.15) is 10.4 Å². The maximum atomic E-state index is 11.8. The Morgan fingerprint density at radius 2 is 2.00 bits per heavy atom. The van der Waals surface area contributed by atoms with E-state index in [0.717, 1.165) is 49.4 Å². The van der Waals surface area contributed by atoms with E-state index in [1.165, 1.54) is 11.3 Å². The van der Waals surface area contributed by atoms with E-state index in [0.29, 0.717) is 12.1 Å². The molecule has 0 unspecified atom stereocenters. The van der Waals surface area contributed by atoms with Gasteiger partial charge in [-0.15, -0.1) is 0 Å². The van der Waals surface area contributed by atoms with E-state index in [2.05, 4.69) is 11.0 Å². The number of aromatic nitrogens is 2. The molecule has 0 atom stereocenters. The van der Waals surface area contributed by atoms with Gasteiger partial charge in [0.05, 0.1) is 18.2 Å². The Bertz CT molecular complexity index is 893. The fraction of sp³-hybridized carbons (Fsp3) is 0.476. The van der Waals surface area contributed by atoms with Gasteiger partial charge < -0.3 is 9.80 Å². The minimum Gasteiger partial charge on any atom is -0.338 e. The third kappa shape index (κ3) is 3.42. The van der Waals surface area contributed by atoms with Crippen LogP contribution in [0, 0.1) is 11.3 Å². The molecule has 0 spiro atoms. The molecule has 0 saturated carbocycles. The zero-order valence-electron chi connectivity index (χ0n) is 16.6. The summed E-state index contributed by atoms with van der Waals surface area (Å²) in [6.07, 6.45) is 2.85. The molecule has 1 aromatic heterocycles. The molecule has 0 radical (unpaired) electrons. The first kappa shape index (κ1) is 19.0. The minimum atomic E-state index is 0.109. The lowest BCUT2D eigenvalue weighted by atomic mass is 9.98. The summed E-state index contributed by atoms with van der Waals surface area (Å²) in [5.41, 5.74) is 5.40. The molecule has 0 bridgehead atoms. The Labute approximate surface area is 161 Å². The molecule has 4 rings (SSSR count). The predicted molar refractivity (Wildman–Crippen MR) is 106 cm³/mol. The van der Waals surface area contributed by atoms with Crippen LogP contribution in [0.5, 0.6) is 0 Å². The number of amides is 1. The SMILES string of the molecule is CC.CC(=O)N1CCc2c(c(N3CCCc4cc(C#N)ccc43)nn2C)C1. The number of nitriles is 1. The van der Waals surface area contributed by atoms with Crippen molar-refractivity contribution in [2.45, 2.75) is 46.6 Å². The fourth-order valence-corrected chi connectivity index (χ4v) is 3.94. The molecule has 2 aromatic rings. The molecular formula is C21H27N5O. The number of nitrogens with zero attached hydrogens (tertiary/aromatic N) is 5. The molecule has 142 valence electrons. The van der Waals surface area contributed by atoms with Crippen LogP contribution in [-0.2, 0) is 31.2 Å². The van der Waals surface area contributed by atoms with E-state index in [-0.39, 0.29) is 5.91 Å². The van der Waals surface area contributed by atoms with Gasteiger partial charge in [-0.3, -0.25) is 9.48 Å². The Morgan fingerprint density at radius 1 is 1.22 bits per heavy atom. The van der Waals surface area contributed by atoms with Crippen molar-refractivity contribution >= 4 is 17.4 Å². The summed E-state index contributed by atoms with van der Waals surface area (Å²) in [4.78, 5) is 16.0. The molecule has 0 saturated heterocycles. The molecule has 2 aliphatic heterocycles. The minimum absolute atomic E-state index is 0.109. The normalized spacial score (nSPS) is 15.2. The van der Waals surface area contributed by atoms with Crippen LogP contribution in [0.3, 0.4) is 0 Å². The standard InChI is InChI=1S/C19H21N5O.C2H6/c1-13(25)23-9-7-18-16(12-23)19(21-22(18)2)24-8-3-4-15-10-14(11-20)5-6-17(15)24;1-2/h5-6,10H,3-4,7-9,12H2,1-2H3;1-2H3. The molecule has 0 N–H and O–H groups in total. The van der Waals surface area contributed by atoms with Crippen molar-refractivity contribution in [2.24, 2.45) is 7.05 Å². The number of carbonyl (C=O) groups is 1. The zero-order chi connectivity index (χ0) is 19.6. The Balaban J connectivity index is 0.00000102. The number of anilines is 2. The van der Waals surface area contributed by atoms with Gasteiger partial charge in [-0.25, -0.2) is 0 Å². The van der Waals surface area contributed by atoms with Gasteiger partial charge in [0.15, 0.2) is 5.82 Å². The van der Waals surface area contributed by atoms with Gasteiger partial charge in [0.2, 0.25) is 5.91 Å². The van der Waals surface area contributed by atoms with Crippen LogP contribution in [-0.4, -0.2) is 33.7 Å². The number of fused-ring (bicyclic) bond motifs is 2. The van der Waals surface area contributed by atoms with Gasteiger partial charge in [0.1, 0.15) is 0 Å². The first-order valence-corrected chi connectivity index (χ1v) is 9.69. The summed E-state index contributed by atoms with van der Waals surface area (Å²) in [6, 6.07) is 8.10. The van der Waals surface area contributed by atoms with Crippen molar-refractivity contribution in [1.29, 1.82) is 5.26 Å². The molecule has 1 aromatic carbocycles. The maximum absolute atomic E-state index is 11.8. The molecule has 0 fully saturated rings. The first-order valence-electron chi connectivity index (χ1n) is 9.69. The molecule has 2 aliphatic rings. The highest BCUT2D eigenvalue weighted by atomic mass is 16.2. The van der Waals surface area contributed by atoms with Gasteiger partial charge >= 0.3 is 0 Å². The van der Waals surface area contributed by atoms with E-state index in [9.17, 15) is 4.79 Å². The number of rotatable bonds is 1. The molecule has 1 amide bonds. The number of carbonyl (C=O) groups excluding carboxylic acids is 1. The van der Waals surface area contributed by atoms with Crippen LogP contribution >= 0.6 is 0 Å². The monoisotopic (exact) mass is 365 g/mol. The summed E-state index contributed by atoms with van der Waals surface area (Å²) in [5.74, 6) is 1.06. The van der Waals surface area contributed by atoms with Crippen molar-refractivity contribution in [3.8, 4) is 6.07 Å². The predicted octanol–water partition coefficient (Wildman–Crippen LogP) is 3.31. The lowest BCUT2D eigenvalue weighted by Gasteiger charge is -2.32. The van der Waals surface area contributed by atoms with Crippen molar-refractivity contribution < 1.29 is 4.79 Å². The van der Waals surface area contributed by atoms with Crippen molar-refractivity contribution in [3.63, 3.8) is 0 Å². The molecular weight excluding hydrogens is 338 g/mol. The first-order chi connectivity index (χ1) is 13.1. The summed E-state index contributed by atoms with van der Waals surface area (Å²) in [7, 11) is 1.98. The summed E-state index contributed by atoms with van der Waals surface area (Å²) < 4.78 is 1.96. The van der Waals surface area contributed by atoms with Gasteiger partial charge in [-0.05, 0) is 36.6 Å². The average molecular weight is 365 g/mol. The van der Waals surface area contributed by atoms with Crippen LogP contribution in [0.15, 0.2) is 18.2 Å². The summed E-state index contributed by atoms with van der Waals surface area (Å²) in [5, 5.41) is 13.9. The van der Waals surface area contributed by atoms with Crippen LogP contribution < -0.4 is 4.90 Å². The van der Waals surface area contributed by atoms with Crippen molar-refractivity contribution in [3.05, 3.63) is 40.6 Å². The quantitative estimate of drug-likeness (QED) is 0.778. The van der Waals surface area contributed by atoms with Crippen molar-refractivity contribution in [1.82, 2.24) is 14.7 Å². The highest BCUT2D eigenvalue weighted by Crippen LogP contribution is 2.37. The number of hydrogen-bond acceptors (Lipinski definition) is 4. The molecule has 6 heteroatoms. The number of aryl methyl sites for hydroxylation is 2. The Kier molecular flexibility index (Phi) is 5.50. The number of hydrogen-bond donors (Lipinski definition) is 0. The second-order valence-electron chi connectivity index (χ2n) is 6.77. The lowest BCUT2D eigenvalue weighted by Crippen LogP contribution is -2.35. The molecule has 6 nitrogen and oxygen atoms in total. The molecule has 0 aliphatic carbocycles. The smallest absolute Gasteiger partial charge is 0.219 e. The van der Waals surface area contributed by atoms with E-state index < -0.39 is 0 Å². The third-order valence-electron chi connectivity index (χ3n) is 5.25. The largest absolute Gasteiger partial charge is 0.338 e. The van der Waals surface area contributed by atoms with Gasteiger partial charge in [-0.1, -0.05) is 13.8 Å². The van der Waals surface area contributed by atoms with Crippen LogP contribution in [0.2, 0.25) is 0 Å². The number of benzene rings is 1. The van der Waals surface area contributed by atoms with Crippen LogP contribution in [0.1, 0.15) is 49.6 Å². The van der Waals surface area contributed by atoms with Crippen molar-refractivity contribution in [2.75, 3.05) is 18.0 Å². The van der Waals surface area contributed by atoms with Crippen LogP contribution in [0.25, 0.3) is 0 Å². The highest BCUT2D eigenvalue weighted by Gasteiger charge is 2.30.